The van der Waals surface area contributed by atoms with Crippen molar-refractivity contribution in [2.45, 2.75) is 13.0 Å². The second-order valence-corrected chi connectivity index (χ2v) is 5.31. The summed E-state index contributed by atoms with van der Waals surface area (Å²) in [7, 11) is -2.95. The number of carbonyl (C=O) groups is 2. The highest BCUT2D eigenvalue weighted by Gasteiger charge is 2.27. The summed E-state index contributed by atoms with van der Waals surface area (Å²) in [5, 5.41) is 7.42. The van der Waals surface area contributed by atoms with Crippen molar-refractivity contribution in [3.8, 4) is 5.75 Å². The zero-order valence-corrected chi connectivity index (χ0v) is 11.1. The van der Waals surface area contributed by atoms with Gasteiger partial charge in [0.25, 0.3) is 15.1 Å². The summed E-state index contributed by atoms with van der Waals surface area (Å²) in [6.45, 7) is 1.13. The fourth-order valence-corrected chi connectivity index (χ4v) is 2.34. The number of ether oxygens (including phenoxy) is 1. The number of carboxylic acid groups (broad SMARTS) is 1. The number of nitrogens with one attached hydrogen (secondary N) is 1. The molecule has 0 heterocycles. The number of methoxy groups -OCH3 is 1. The monoisotopic (exact) mass is 287 g/mol. The molecule has 0 aliphatic carbocycles. The average Bonchev–Trinajstić information content (AvgIpc) is 2.37. The predicted molar refractivity (Wildman–Crippen MR) is 66.5 cm³/mol. The van der Waals surface area contributed by atoms with Gasteiger partial charge in [-0.15, -0.1) is 0 Å². The summed E-state index contributed by atoms with van der Waals surface area (Å²) < 4.78 is 29.9. The van der Waals surface area contributed by atoms with Crippen molar-refractivity contribution in [2.24, 2.45) is 0 Å². The van der Waals surface area contributed by atoms with Crippen LogP contribution < -0.4 is 9.46 Å². The first-order chi connectivity index (χ1) is 8.77. The molecule has 0 amide bonds. The highest BCUT2D eigenvalue weighted by molar-refractivity contribution is 8.05. The lowest BCUT2D eigenvalue weighted by atomic mass is 10.2. The van der Waals surface area contributed by atoms with Gasteiger partial charge < -0.3 is 9.84 Å². The molecule has 0 aliphatic rings. The molecule has 0 aromatic heterocycles. The number of hydrogen-bond acceptors (Lipinski definition) is 5. The van der Waals surface area contributed by atoms with Crippen LogP contribution in [0.2, 0.25) is 0 Å². The first-order valence-corrected chi connectivity index (χ1v) is 6.70. The number of aliphatic carboxylic acids is 1. The van der Waals surface area contributed by atoms with E-state index in [0.717, 1.165) is 6.92 Å². The molecule has 2 N–H and O–H groups in total. The van der Waals surface area contributed by atoms with Crippen molar-refractivity contribution < 1.29 is 27.9 Å². The molecule has 0 bridgehead atoms. The van der Waals surface area contributed by atoms with E-state index in [0.29, 0.717) is 5.75 Å². The lowest BCUT2D eigenvalue weighted by molar-refractivity contribution is -0.138. The maximum Gasteiger partial charge on any atom is 0.321 e. The van der Waals surface area contributed by atoms with E-state index in [1.807, 2.05) is 0 Å². The summed E-state index contributed by atoms with van der Waals surface area (Å²) in [4.78, 5) is 22.3. The van der Waals surface area contributed by atoms with Crippen LogP contribution in [0.1, 0.15) is 17.3 Å². The van der Waals surface area contributed by atoms with Crippen molar-refractivity contribution in [2.75, 3.05) is 7.11 Å². The maximum atomic E-state index is 11.7. The van der Waals surface area contributed by atoms with Crippen LogP contribution in [0, 0.1) is 0 Å². The highest BCUT2D eigenvalue weighted by atomic mass is 32.2. The van der Waals surface area contributed by atoms with Crippen molar-refractivity contribution >= 4 is 21.1 Å². The van der Waals surface area contributed by atoms with E-state index in [1.54, 1.807) is 4.72 Å². The van der Waals surface area contributed by atoms with Crippen LogP contribution in [0.3, 0.4) is 0 Å². The first-order valence-electron chi connectivity index (χ1n) is 5.21. The summed E-state index contributed by atoms with van der Waals surface area (Å²) in [6.07, 6.45) is 0. The Hall–Kier alpha value is -1.93. The zero-order valence-electron chi connectivity index (χ0n) is 10.3. The molecule has 104 valence electrons. The third kappa shape index (κ3) is 3.76. The van der Waals surface area contributed by atoms with Crippen LogP contribution in [0.5, 0.6) is 5.75 Å². The molecule has 1 aromatic carbocycles. The minimum atomic E-state index is -4.39. The van der Waals surface area contributed by atoms with E-state index in [4.69, 9.17) is 9.84 Å². The lowest BCUT2D eigenvalue weighted by Gasteiger charge is -2.09. The SMILES string of the molecule is COc1ccc(C(=O)S(=O)(=O)N[C@H](C)C(=O)O)cc1. The van der Waals surface area contributed by atoms with Gasteiger partial charge in [-0.2, -0.15) is 4.72 Å². The average molecular weight is 287 g/mol. The van der Waals surface area contributed by atoms with Crippen molar-refractivity contribution in [1.82, 2.24) is 4.72 Å². The number of hydrogen-bond donors (Lipinski definition) is 2. The van der Waals surface area contributed by atoms with Gasteiger partial charge in [0.05, 0.1) is 7.11 Å². The van der Waals surface area contributed by atoms with Crippen LogP contribution in [-0.4, -0.2) is 37.8 Å². The quantitative estimate of drug-likeness (QED) is 0.802. The van der Waals surface area contributed by atoms with Gasteiger partial charge in [0, 0.05) is 5.56 Å². The fraction of sp³-hybridized carbons (Fsp3) is 0.273. The Bertz CT molecular complexity index is 578. The molecule has 7 nitrogen and oxygen atoms in total. The molecule has 19 heavy (non-hydrogen) atoms. The zero-order chi connectivity index (χ0) is 14.6. The summed E-state index contributed by atoms with van der Waals surface area (Å²) >= 11 is 0. The van der Waals surface area contributed by atoms with Crippen LogP contribution in [-0.2, 0) is 14.8 Å². The van der Waals surface area contributed by atoms with Gasteiger partial charge >= 0.3 is 5.97 Å². The van der Waals surface area contributed by atoms with Gasteiger partial charge in [0.1, 0.15) is 11.8 Å². The molecule has 8 heteroatoms. The molecule has 0 radical (unpaired) electrons. The Balaban J connectivity index is 2.94. The molecule has 0 aliphatic heterocycles. The Morgan fingerprint density at radius 3 is 2.21 bits per heavy atom. The summed E-state index contributed by atoms with van der Waals surface area (Å²) in [5.74, 6) is -0.896. The van der Waals surface area contributed by atoms with E-state index >= 15 is 0 Å². The van der Waals surface area contributed by atoms with Gasteiger partial charge in [0.2, 0.25) is 0 Å². The number of benzene rings is 1. The van der Waals surface area contributed by atoms with Gasteiger partial charge in [-0.25, -0.2) is 8.42 Å². The molecular formula is C11H13NO6S. The lowest BCUT2D eigenvalue weighted by Crippen LogP contribution is -2.41. The number of carbonyl (C=O) groups excluding carboxylic acids is 1. The molecule has 0 unspecified atom stereocenters. The van der Waals surface area contributed by atoms with E-state index in [1.165, 1.54) is 31.4 Å². The Morgan fingerprint density at radius 1 is 1.26 bits per heavy atom. The molecule has 0 spiro atoms. The maximum absolute atomic E-state index is 11.7. The van der Waals surface area contributed by atoms with Gasteiger partial charge in [-0.1, -0.05) is 0 Å². The first kappa shape index (κ1) is 15.1. The third-order valence-electron chi connectivity index (χ3n) is 2.27. The van der Waals surface area contributed by atoms with E-state index in [2.05, 4.69) is 0 Å². The molecule has 0 saturated carbocycles. The largest absolute Gasteiger partial charge is 0.497 e. The Kier molecular flexibility index (Phi) is 4.62. The topological polar surface area (TPSA) is 110 Å². The third-order valence-corrected chi connectivity index (χ3v) is 3.66. The molecule has 0 fully saturated rings. The van der Waals surface area contributed by atoms with Crippen molar-refractivity contribution in [3.05, 3.63) is 29.8 Å². The van der Waals surface area contributed by atoms with Crippen molar-refractivity contribution in [1.29, 1.82) is 0 Å². The molecule has 1 aromatic rings. The van der Waals surface area contributed by atoms with Crippen LogP contribution in [0.4, 0.5) is 0 Å². The smallest absolute Gasteiger partial charge is 0.321 e. The predicted octanol–water partition coefficient (Wildman–Crippen LogP) is 0.228. The molecule has 1 atom stereocenters. The number of sulfonamides is 1. The fourth-order valence-electron chi connectivity index (χ4n) is 1.22. The van der Waals surface area contributed by atoms with Crippen LogP contribution in [0.15, 0.2) is 24.3 Å². The van der Waals surface area contributed by atoms with Crippen LogP contribution in [0.25, 0.3) is 0 Å². The normalized spacial score (nSPS) is 12.7. The number of carboxylic acids is 1. The van der Waals surface area contributed by atoms with Crippen LogP contribution >= 0.6 is 0 Å². The second-order valence-electron chi connectivity index (χ2n) is 3.70. The van der Waals surface area contributed by atoms with E-state index in [9.17, 15) is 18.0 Å². The number of rotatable bonds is 5. The van der Waals surface area contributed by atoms with Gasteiger partial charge in [-0.3, -0.25) is 9.59 Å². The second kappa shape index (κ2) is 5.81. The molecular weight excluding hydrogens is 274 g/mol. The molecule has 1 rings (SSSR count). The molecule has 0 saturated heterocycles. The van der Waals surface area contributed by atoms with E-state index < -0.39 is 27.1 Å². The minimum Gasteiger partial charge on any atom is -0.497 e. The summed E-state index contributed by atoms with van der Waals surface area (Å²) in [5.41, 5.74) is -0.0779. The Morgan fingerprint density at radius 2 is 1.79 bits per heavy atom. The summed E-state index contributed by atoms with van der Waals surface area (Å²) in [6, 6.07) is 4.05. The highest BCUT2D eigenvalue weighted by Crippen LogP contribution is 2.13. The van der Waals surface area contributed by atoms with Gasteiger partial charge in [-0.05, 0) is 31.2 Å². The van der Waals surface area contributed by atoms with E-state index in [-0.39, 0.29) is 5.56 Å². The standard InChI is InChI=1S/C11H13NO6S/c1-7(10(13)14)12-19(16,17)11(15)8-3-5-9(18-2)6-4-8/h3-7,12H,1-2H3,(H,13,14)/t7-/m1/s1. The van der Waals surface area contributed by atoms with Crippen molar-refractivity contribution in [3.63, 3.8) is 0 Å². The Labute approximate surface area is 110 Å². The van der Waals surface area contributed by atoms with Gasteiger partial charge in [0.15, 0.2) is 0 Å². The minimum absolute atomic E-state index is 0.0779.